The number of anilines is 1. The second-order valence-corrected chi connectivity index (χ2v) is 5.62. The van der Waals surface area contributed by atoms with Crippen molar-refractivity contribution in [3.05, 3.63) is 29.8 Å². The highest BCUT2D eigenvalue weighted by atomic mass is 16.2. The van der Waals surface area contributed by atoms with Crippen LogP contribution in [-0.4, -0.2) is 35.8 Å². The number of nitrogens with zero attached hydrogens (tertiary/aromatic N) is 1. The number of rotatable bonds is 5. The maximum Gasteiger partial charge on any atom is 0.248 e. The van der Waals surface area contributed by atoms with Gasteiger partial charge in [0.2, 0.25) is 11.8 Å². The van der Waals surface area contributed by atoms with Crippen LogP contribution in [0.3, 0.4) is 0 Å². The van der Waals surface area contributed by atoms with Crippen LogP contribution in [-0.2, 0) is 4.79 Å². The van der Waals surface area contributed by atoms with Gasteiger partial charge < -0.3 is 16.0 Å². The molecular weight excluding hydrogens is 266 g/mol. The molecule has 1 aromatic carbocycles. The quantitative estimate of drug-likeness (QED) is 0.870. The van der Waals surface area contributed by atoms with Crippen molar-refractivity contribution in [1.82, 2.24) is 4.90 Å². The summed E-state index contributed by atoms with van der Waals surface area (Å²) in [4.78, 5) is 25.3. The van der Waals surface area contributed by atoms with Crippen molar-refractivity contribution in [2.75, 3.05) is 18.4 Å². The molecule has 5 heteroatoms. The Balaban J connectivity index is 1.80. The van der Waals surface area contributed by atoms with E-state index in [9.17, 15) is 9.59 Å². The van der Waals surface area contributed by atoms with Crippen molar-refractivity contribution in [3.63, 3.8) is 0 Å². The molecule has 0 bridgehead atoms. The van der Waals surface area contributed by atoms with Gasteiger partial charge >= 0.3 is 0 Å². The first kappa shape index (κ1) is 15.5. The molecule has 0 radical (unpaired) electrons. The number of nitrogens with two attached hydrogens (primary N) is 1. The lowest BCUT2D eigenvalue weighted by molar-refractivity contribution is -0.116. The number of hydrogen-bond donors (Lipinski definition) is 2. The summed E-state index contributed by atoms with van der Waals surface area (Å²) in [6.45, 7) is 4.10. The average molecular weight is 289 g/mol. The fourth-order valence-corrected chi connectivity index (χ4v) is 2.68. The molecule has 0 aliphatic carbocycles. The minimum atomic E-state index is -0.466. The van der Waals surface area contributed by atoms with Crippen LogP contribution in [0.25, 0.3) is 0 Å². The Labute approximate surface area is 125 Å². The van der Waals surface area contributed by atoms with Crippen LogP contribution in [0.1, 0.15) is 43.0 Å². The standard InChI is InChI=1S/C16H23N3O2/c1-12-4-2-3-10-19(12)11-9-15(20)18-14-7-5-13(6-8-14)16(17)21/h5-8,12H,2-4,9-11H2,1H3,(H2,17,21)(H,18,20). The van der Waals surface area contributed by atoms with E-state index in [1.807, 2.05) is 0 Å². The molecule has 21 heavy (non-hydrogen) atoms. The van der Waals surface area contributed by atoms with Crippen molar-refractivity contribution in [3.8, 4) is 0 Å². The number of nitrogens with one attached hydrogen (secondary N) is 1. The summed E-state index contributed by atoms with van der Waals surface area (Å²) >= 11 is 0. The fourth-order valence-electron chi connectivity index (χ4n) is 2.68. The highest BCUT2D eigenvalue weighted by Crippen LogP contribution is 2.16. The second-order valence-electron chi connectivity index (χ2n) is 5.62. The van der Waals surface area contributed by atoms with Crippen LogP contribution in [0.5, 0.6) is 0 Å². The van der Waals surface area contributed by atoms with Gasteiger partial charge in [0.15, 0.2) is 0 Å². The van der Waals surface area contributed by atoms with Crippen molar-refractivity contribution in [1.29, 1.82) is 0 Å². The molecule has 1 heterocycles. The SMILES string of the molecule is CC1CCCCN1CCC(=O)Nc1ccc(C(N)=O)cc1. The summed E-state index contributed by atoms with van der Waals surface area (Å²) in [5.74, 6) is -0.466. The molecule has 0 spiro atoms. The van der Waals surface area contributed by atoms with Gasteiger partial charge in [-0.2, -0.15) is 0 Å². The number of primary amides is 1. The van der Waals surface area contributed by atoms with E-state index in [1.54, 1.807) is 24.3 Å². The zero-order valence-corrected chi connectivity index (χ0v) is 12.5. The van der Waals surface area contributed by atoms with Gasteiger partial charge in [-0.25, -0.2) is 0 Å². The first-order valence-electron chi connectivity index (χ1n) is 7.50. The highest BCUT2D eigenvalue weighted by Gasteiger charge is 2.18. The molecule has 114 valence electrons. The molecule has 0 saturated carbocycles. The molecule has 1 aromatic rings. The van der Waals surface area contributed by atoms with Gasteiger partial charge in [-0.15, -0.1) is 0 Å². The third-order valence-electron chi connectivity index (χ3n) is 4.02. The maximum atomic E-state index is 12.0. The van der Waals surface area contributed by atoms with E-state index in [0.29, 0.717) is 23.7 Å². The van der Waals surface area contributed by atoms with Crippen LogP contribution < -0.4 is 11.1 Å². The van der Waals surface area contributed by atoms with E-state index in [-0.39, 0.29) is 5.91 Å². The van der Waals surface area contributed by atoms with Gasteiger partial charge in [-0.1, -0.05) is 6.42 Å². The minimum Gasteiger partial charge on any atom is -0.366 e. The van der Waals surface area contributed by atoms with Gasteiger partial charge in [0.05, 0.1) is 0 Å². The van der Waals surface area contributed by atoms with Gasteiger partial charge in [0, 0.05) is 30.3 Å². The van der Waals surface area contributed by atoms with Gasteiger partial charge in [-0.3, -0.25) is 9.59 Å². The normalized spacial score (nSPS) is 19.2. The molecule has 2 amide bonds. The second kappa shape index (κ2) is 7.22. The van der Waals surface area contributed by atoms with E-state index in [0.717, 1.165) is 13.1 Å². The predicted octanol–water partition coefficient (Wildman–Crippen LogP) is 1.99. The molecule has 1 aliphatic heterocycles. The van der Waals surface area contributed by atoms with E-state index in [2.05, 4.69) is 17.1 Å². The monoisotopic (exact) mass is 289 g/mol. The minimum absolute atomic E-state index is 0.000372. The topological polar surface area (TPSA) is 75.4 Å². The van der Waals surface area contributed by atoms with Gasteiger partial charge in [0.1, 0.15) is 0 Å². The number of amides is 2. The smallest absolute Gasteiger partial charge is 0.248 e. The summed E-state index contributed by atoms with van der Waals surface area (Å²) in [5.41, 5.74) is 6.31. The number of carbonyl (C=O) groups is 2. The molecule has 2 rings (SSSR count). The lowest BCUT2D eigenvalue weighted by Gasteiger charge is -2.33. The number of likely N-dealkylation sites (tertiary alicyclic amines) is 1. The summed E-state index contributed by atoms with van der Waals surface area (Å²) in [6, 6.07) is 7.19. The third kappa shape index (κ3) is 4.56. The Morgan fingerprint density at radius 1 is 1.29 bits per heavy atom. The molecule has 1 fully saturated rings. The lowest BCUT2D eigenvalue weighted by atomic mass is 10.0. The van der Waals surface area contributed by atoms with Crippen molar-refractivity contribution in [2.24, 2.45) is 5.73 Å². The maximum absolute atomic E-state index is 12.0. The van der Waals surface area contributed by atoms with Crippen LogP contribution in [0.15, 0.2) is 24.3 Å². The summed E-state index contributed by atoms with van der Waals surface area (Å²) in [5, 5.41) is 2.84. The number of benzene rings is 1. The average Bonchev–Trinajstić information content (AvgIpc) is 2.47. The van der Waals surface area contributed by atoms with Crippen LogP contribution in [0.2, 0.25) is 0 Å². The van der Waals surface area contributed by atoms with E-state index in [4.69, 9.17) is 5.73 Å². The molecule has 1 saturated heterocycles. The summed E-state index contributed by atoms with van der Waals surface area (Å²) in [6.07, 6.45) is 4.22. The molecule has 3 N–H and O–H groups in total. The summed E-state index contributed by atoms with van der Waals surface area (Å²) < 4.78 is 0. The molecule has 0 aromatic heterocycles. The predicted molar refractivity (Wildman–Crippen MR) is 83.1 cm³/mol. The molecular formula is C16H23N3O2. The van der Waals surface area contributed by atoms with Crippen molar-refractivity contribution < 1.29 is 9.59 Å². The van der Waals surface area contributed by atoms with E-state index < -0.39 is 5.91 Å². The molecule has 1 aliphatic rings. The number of hydrogen-bond acceptors (Lipinski definition) is 3. The van der Waals surface area contributed by atoms with Crippen molar-refractivity contribution >= 4 is 17.5 Å². The van der Waals surface area contributed by atoms with Crippen molar-refractivity contribution in [2.45, 2.75) is 38.6 Å². The third-order valence-corrected chi connectivity index (χ3v) is 4.02. The van der Waals surface area contributed by atoms with E-state index >= 15 is 0 Å². The highest BCUT2D eigenvalue weighted by molar-refractivity contribution is 5.94. The van der Waals surface area contributed by atoms with Crippen LogP contribution >= 0.6 is 0 Å². The largest absolute Gasteiger partial charge is 0.366 e. The Bertz CT molecular complexity index is 499. The Morgan fingerprint density at radius 3 is 2.62 bits per heavy atom. The van der Waals surface area contributed by atoms with Crippen LogP contribution in [0, 0.1) is 0 Å². The Hall–Kier alpha value is -1.88. The molecule has 5 nitrogen and oxygen atoms in total. The molecule has 1 unspecified atom stereocenters. The Morgan fingerprint density at radius 2 is 2.00 bits per heavy atom. The zero-order valence-electron chi connectivity index (χ0n) is 12.5. The molecule has 1 atom stereocenters. The Kier molecular flexibility index (Phi) is 5.33. The van der Waals surface area contributed by atoms with E-state index in [1.165, 1.54) is 19.3 Å². The number of carbonyl (C=O) groups excluding carboxylic acids is 2. The lowest BCUT2D eigenvalue weighted by Crippen LogP contribution is -2.39. The first-order chi connectivity index (χ1) is 10.1. The number of piperidine rings is 1. The van der Waals surface area contributed by atoms with Gasteiger partial charge in [-0.05, 0) is 50.6 Å². The summed E-state index contributed by atoms with van der Waals surface area (Å²) in [7, 11) is 0. The fraction of sp³-hybridized carbons (Fsp3) is 0.500. The van der Waals surface area contributed by atoms with Gasteiger partial charge in [0.25, 0.3) is 0 Å². The zero-order chi connectivity index (χ0) is 15.2. The first-order valence-corrected chi connectivity index (χ1v) is 7.50. The van der Waals surface area contributed by atoms with Crippen LogP contribution in [0.4, 0.5) is 5.69 Å².